The van der Waals surface area contributed by atoms with Gasteiger partial charge in [-0.3, -0.25) is 9.59 Å². The SMILES string of the molecule is CC(=O)C[C@](O)(CC[C@H](O)[C@@H](O)C(C)C)C(=O)C(C)(C)C. The number of ketones is 2. The minimum atomic E-state index is -1.79. The van der Waals surface area contributed by atoms with Crippen LogP contribution >= 0.6 is 0 Å². The minimum Gasteiger partial charge on any atom is -0.390 e. The predicted octanol–water partition coefficient (Wildman–Crippen LogP) is 1.47. The summed E-state index contributed by atoms with van der Waals surface area (Å²) in [5, 5.41) is 30.3. The van der Waals surface area contributed by atoms with Crippen LogP contribution in [0.3, 0.4) is 0 Å². The van der Waals surface area contributed by atoms with E-state index in [1.165, 1.54) is 6.92 Å². The molecule has 0 radical (unpaired) electrons. The van der Waals surface area contributed by atoms with Crippen molar-refractivity contribution < 1.29 is 24.9 Å². The molecule has 5 nitrogen and oxygen atoms in total. The number of aliphatic hydroxyl groups excluding tert-OH is 2. The lowest BCUT2D eigenvalue weighted by atomic mass is 9.75. The Morgan fingerprint density at radius 1 is 1.10 bits per heavy atom. The van der Waals surface area contributed by atoms with Gasteiger partial charge in [0.1, 0.15) is 11.4 Å². The van der Waals surface area contributed by atoms with Crippen molar-refractivity contribution in [1.29, 1.82) is 0 Å². The van der Waals surface area contributed by atoms with Crippen LogP contribution in [0, 0.1) is 11.3 Å². The van der Waals surface area contributed by atoms with Crippen molar-refractivity contribution in [2.45, 2.75) is 78.6 Å². The second-order valence-electron chi connectivity index (χ2n) is 7.33. The number of carbonyl (C=O) groups excluding carboxylic acids is 2. The van der Waals surface area contributed by atoms with E-state index >= 15 is 0 Å². The van der Waals surface area contributed by atoms with Crippen LogP contribution in [0.1, 0.15) is 60.8 Å². The molecule has 5 heteroatoms. The molecule has 0 aromatic heterocycles. The summed E-state index contributed by atoms with van der Waals surface area (Å²) < 4.78 is 0. The topological polar surface area (TPSA) is 94.8 Å². The van der Waals surface area contributed by atoms with Gasteiger partial charge in [-0.15, -0.1) is 0 Å². The molecule has 21 heavy (non-hydrogen) atoms. The summed E-state index contributed by atoms with van der Waals surface area (Å²) in [4.78, 5) is 23.7. The standard InChI is InChI=1S/C16H30O5/c1-10(2)13(19)12(18)7-8-16(21,9-11(3)17)14(20)15(4,5)6/h10,12-13,18-19,21H,7-9H2,1-6H3/t12-,13-,16+/m0/s1. The van der Waals surface area contributed by atoms with Crippen LogP contribution in [0.5, 0.6) is 0 Å². The van der Waals surface area contributed by atoms with E-state index in [4.69, 9.17) is 0 Å². The summed E-state index contributed by atoms with van der Waals surface area (Å²) in [5.41, 5.74) is -2.58. The molecule has 0 spiro atoms. The van der Waals surface area contributed by atoms with Gasteiger partial charge in [0.15, 0.2) is 5.78 Å². The van der Waals surface area contributed by atoms with Crippen LogP contribution in [0.15, 0.2) is 0 Å². The summed E-state index contributed by atoms with van der Waals surface area (Å²) in [6, 6.07) is 0. The lowest BCUT2D eigenvalue weighted by Crippen LogP contribution is -2.47. The second kappa shape index (κ2) is 7.47. The Morgan fingerprint density at radius 3 is 1.90 bits per heavy atom. The van der Waals surface area contributed by atoms with E-state index in [1.54, 1.807) is 34.6 Å². The molecule has 0 aliphatic heterocycles. The molecule has 0 amide bonds. The fourth-order valence-corrected chi connectivity index (χ4v) is 2.39. The van der Waals surface area contributed by atoms with Gasteiger partial charge in [-0.05, 0) is 25.7 Å². The molecular weight excluding hydrogens is 272 g/mol. The molecule has 0 heterocycles. The average Bonchev–Trinajstić information content (AvgIpc) is 2.31. The molecule has 3 atom stereocenters. The smallest absolute Gasteiger partial charge is 0.170 e. The van der Waals surface area contributed by atoms with Gasteiger partial charge in [-0.2, -0.15) is 0 Å². The van der Waals surface area contributed by atoms with E-state index in [1.807, 2.05) is 0 Å². The maximum absolute atomic E-state index is 12.4. The summed E-state index contributed by atoms with van der Waals surface area (Å²) in [5.74, 6) is -0.829. The lowest BCUT2D eigenvalue weighted by Gasteiger charge is -2.33. The maximum Gasteiger partial charge on any atom is 0.170 e. The first-order valence-corrected chi connectivity index (χ1v) is 7.44. The van der Waals surface area contributed by atoms with Crippen LogP contribution in [-0.4, -0.2) is 44.7 Å². The van der Waals surface area contributed by atoms with Crippen LogP contribution in [0.4, 0.5) is 0 Å². The van der Waals surface area contributed by atoms with Gasteiger partial charge in [0.05, 0.1) is 12.2 Å². The summed E-state index contributed by atoms with van der Waals surface area (Å²) in [6.07, 6.45) is -2.21. The molecule has 0 rings (SSSR count). The van der Waals surface area contributed by atoms with Gasteiger partial charge in [-0.1, -0.05) is 34.6 Å². The molecule has 0 saturated carbocycles. The highest BCUT2D eigenvalue weighted by Crippen LogP contribution is 2.30. The molecule has 0 aliphatic carbocycles. The fraction of sp³-hybridized carbons (Fsp3) is 0.875. The van der Waals surface area contributed by atoms with Gasteiger partial charge in [0.2, 0.25) is 0 Å². The average molecular weight is 302 g/mol. The van der Waals surface area contributed by atoms with Crippen molar-refractivity contribution in [1.82, 2.24) is 0 Å². The number of carbonyl (C=O) groups is 2. The molecule has 0 fully saturated rings. The zero-order chi connectivity index (χ0) is 17.0. The minimum absolute atomic E-state index is 0.0480. The van der Waals surface area contributed by atoms with E-state index in [0.29, 0.717) is 0 Å². The number of hydrogen-bond donors (Lipinski definition) is 3. The number of Topliss-reactive ketones (excluding diaryl/α,β-unsaturated/α-hetero) is 2. The van der Waals surface area contributed by atoms with Gasteiger partial charge in [0, 0.05) is 11.8 Å². The molecule has 3 N–H and O–H groups in total. The highest BCUT2D eigenvalue weighted by atomic mass is 16.3. The number of rotatable bonds is 8. The Hall–Kier alpha value is -0.780. The Bertz CT molecular complexity index is 369. The van der Waals surface area contributed by atoms with Crippen molar-refractivity contribution in [3.63, 3.8) is 0 Å². The Kier molecular flexibility index (Phi) is 7.20. The highest BCUT2D eigenvalue weighted by molar-refractivity contribution is 5.95. The Morgan fingerprint density at radius 2 is 1.57 bits per heavy atom. The normalized spacial score (nSPS) is 18.2. The van der Waals surface area contributed by atoms with Crippen LogP contribution in [-0.2, 0) is 9.59 Å². The number of aliphatic hydroxyl groups is 3. The van der Waals surface area contributed by atoms with Crippen LogP contribution < -0.4 is 0 Å². The molecule has 0 aliphatic rings. The van der Waals surface area contributed by atoms with Gasteiger partial charge in [0.25, 0.3) is 0 Å². The fourth-order valence-electron chi connectivity index (χ4n) is 2.39. The predicted molar refractivity (Wildman–Crippen MR) is 80.8 cm³/mol. The third-order valence-corrected chi connectivity index (χ3v) is 3.58. The van der Waals surface area contributed by atoms with Crippen molar-refractivity contribution in [3.8, 4) is 0 Å². The van der Waals surface area contributed by atoms with E-state index < -0.39 is 29.0 Å². The molecule has 124 valence electrons. The third kappa shape index (κ3) is 6.24. The van der Waals surface area contributed by atoms with Crippen molar-refractivity contribution in [3.05, 3.63) is 0 Å². The van der Waals surface area contributed by atoms with Gasteiger partial charge < -0.3 is 15.3 Å². The van der Waals surface area contributed by atoms with Crippen LogP contribution in [0.25, 0.3) is 0 Å². The largest absolute Gasteiger partial charge is 0.390 e. The molecule has 0 unspecified atom stereocenters. The first kappa shape index (κ1) is 20.2. The van der Waals surface area contributed by atoms with Gasteiger partial charge >= 0.3 is 0 Å². The lowest BCUT2D eigenvalue weighted by molar-refractivity contribution is -0.151. The van der Waals surface area contributed by atoms with E-state index in [-0.39, 0.29) is 31.0 Å². The summed E-state index contributed by atoms with van der Waals surface area (Å²) in [7, 11) is 0. The third-order valence-electron chi connectivity index (χ3n) is 3.58. The Labute approximate surface area is 127 Å². The maximum atomic E-state index is 12.4. The summed E-state index contributed by atoms with van der Waals surface area (Å²) >= 11 is 0. The molecule has 0 aromatic rings. The first-order chi connectivity index (χ1) is 9.31. The van der Waals surface area contributed by atoms with E-state index in [2.05, 4.69) is 0 Å². The van der Waals surface area contributed by atoms with E-state index in [0.717, 1.165) is 0 Å². The van der Waals surface area contributed by atoms with Crippen LogP contribution in [0.2, 0.25) is 0 Å². The second-order valence-corrected chi connectivity index (χ2v) is 7.33. The molecule has 0 bridgehead atoms. The Balaban J connectivity index is 5.02. The quantitative estimate of drug-likeness (QED) is 0.631. The molecular formula is C16H30O5. The van der Waals surface area contributed by atoms with Crippen molar-refractivity contribution in [2.75, 3.05) is 0 Å². The summed E-state index contributed by atoms with van der Waals surface area (Å²) in [6.45, 7) is 9.91. The zero-order valence-corrected chi connectivity index (χ0v) is 14.0. The first-order valence-electron chi connectivity index (χ1n) is 7.44. The highest BCUT2D eigenvalue weighted by Gasteiger charge is 2.43. The number of hydrogen-bond acceptors (Lipinski definition) is 5. The molecule has 0 saturated heterocycles. The van der Waals surface area contributed by atoms with Crippen molar-refractivity contribution >= 4 is 11.6 Å². The molecule has 0 aromatic carbocycles. The van der Waals surface area contributed by atoms with E-state index in [9.17, 15) is 24.9 Å². The zero-order valence-electron chi connectivity index (χ0n) is 14.0. The monoisotopic (exact) mass is 302 g/mol. The van der Waals surface area contributed by atoms with Gasteiger partial charge in [-0.25, -0.2) is 0 Å². The van der Waals surface area contributed by atoms with Crippen molar-refractivity contribution in [2.24, 2.45) is 11.3 Å².